The van der Waals surface area contributed by atoms with Crippen molar-refractivity contribution in [2.24, 2.45) is 10.9 Å². The van der Waals surface area contributed by atoms with Crippen LogP contribution in [0.4, 0.5) is 5.69 Å². The Morgan fingerprint density at radius 1 is 1.26 bits per heavy atom. The van der Waals surface area contributed by atoms with Gasteiger partial charge in [-0.05, 0) is 37.7 Å². The Balaban J connectivity index is 1.66. The first-order valence-electron chi connectivity index (χ1n) is 8.45. The van der Waals surface area contributed by atoms with E-state index in [1.807, 2.05) is 0 Å². The number of nitro benzene ring substituents is 1. The topological polar surface area (TPSA) is 83.0 Å². The van der Waals surface area contributed by atoms with E-state index in [-0.39, 0.29) is 11.4 Å². The van der Waals surface area contributed by atoms with Crippen LogP contribution >= 0.6 is 0 Å². The number of piperidine rings is 2. The predicted octanol–water partition coefficient (Wildman–Crippen LogP) is 0.935. The smallest absolute Gasteiger partial charge is 0.270 e. The number of nitro groups is 1. The maximum Gasteiger partial charge on any atom is 0.270 e. The molecule has 0 amide bonds. The minimum absolute atomic E-state index is 0.0633. The van der Waals surface area contributed by atoms with Gasteiger partial charge in [0.1, 0.15) is 0 Å². The van der Waals surface area contributed by atoms with Gasteiger partial charge in [0, 0.05) is 30.8 Å². The summed E-state index contributed by atoms with van der Waals surface area (Å²) >= 11 is 0. The second-order valence-corrected chi connectivity index (χ2v) is 6.64. The number of benzene rings is 1. The summed E-state index contributed by atoms with van der Waals surface area (Å²) in [5, 5.41) is 22.6. The maximum absolute atomic E-state index is 11.8. The quantitative estimate of drug-likeness (QED) is 0.509. The molecule has 124 valence electrons. The largest absolute Gasteiger partial charge is 0.872 e. The normalized spacial score (nSPS) is 27.7. The number of hydrogen-bond donors (Lipinski definition) is 1. The lowest BCUT2D eigenvalue weighted by atomic mass is 9.83. The molecule has 1 aromatic rings. The Hall–Kier alpha value is -1.95. The van der Waals surface area contributed by atoms with Gasteiger partial charge in [0.15, 0.2) is 0 Å². The minimum Gasteiger partial charge on any atom is -0.872 e. The molecule has 0 spiro atoms. The molecule has 2 aliphatic heterocycles. The molecule has 1 N–H and O–H groups in total. The van der Waals surface area contributed by atoms with E-state index in [0.29, 0.717) is 17.5 Å². The Morgan fingerprint density at radius 3 is 2.91 bits per heavy atom. The lowest BCUT2D eigenvalue weighted by molar-refractivity contribution is -0.939. The summed E-state index contributed by atoms with van der Waals surface area (Å²) in [6, 6.07) is 4.49. The van der Waals surface area contributed by atoms with E-state index < -0.39 is 4.92 Å². The molecule has 6 nitrogen and oxygen atoms in total. The van der Waals surface area contributed by atoms with Crippen LogP contribution in [0.25, 0.3) is 0 Å². The van der Waals surface area contributed by atoms with E-state index in [1.54, 1.807) is 4.90 Å². The van der Waals surface area contributed by atoms with Gasteiger partial charge in [-0.1, -0.05) is 11.8 Å². The number of aliphatic imine (C=N–C) groups is 1. The second-order valence-electron chi connectivity index (χ2n) is 6.64. The highest BCUT2D eigenvalue weighted by atomic mass is 16.6. The molecule has 2 heterocycles. The minimum atomic E-state index is -0.485. The van der Waals surface area contributed by atoms with Gasteiger partial charge >= 0.3 is 0 Å². The van der Waals surface area contributed by atoms with Crippen LogP contribution in [0.1, 0.15) is 37.7 Å². The van der Waals surface area contributed by atoms with E-state index in [9.17, 15) is 15.2 Å². The summed E-state index contributed by atoms with van der Waals surface area (Å²) in [5.74, 6) is 0.358. The molecule has 2 saturated heterocycles. The zero-order valence-electron chi connectivity index (χ0n) is 13.2. The van der Waals surface area contributed by atoms with Crippen molar-refractivity contribution < 1.29 is 14.9 Å². The van der Waals surface area contributed by atoms with Crippen molar-refractivity contribution in [3.8, 4) is 5.75 Å². The van der Waals surface area contributed by atoms with Gasteiger partial charge < -0.3 is 10.0 Å². The number of fused-ring (bicyclic) bond motifs is 1. The molecule has 3 atom stereocenters. The number of nitrogens with zero attached hydrogens (tertiary/aromatic N) is 2. The molecule has 0 aromatic heterocycles. The summed E-state index contributed by atoms with van der Waals surface area (Å²) in [7, 11) is 0. The summed E-state index contributed by atoms with van der Waals surface area (Å²) in [5.41, 5.74) is 0.245. The average Bonchev–Trinajstić information content (AvgIpc) is 2.56. The van der Waals surface area contributed by atoms with Gasteiger partial charge in [-0.25, -0.2) is 0 Å². The highest BCUT2D eigenvalue weighted by Gasteiger charge is 2.36. The van der Waals surface area contributed by atoms with Crippen molar-refractivity contribution in [3.05, 3.63) is 33.9 Å². The molecule has 23 heavy (non-hydrogen) atoms. The number of rotatable bonds is 4. The highest BCUT2D eigenvalue weighted by molar-refractivity contribution is 5.84. The predicted molar refractivity (Wildman–Crippen MR) is 86.1 cm³/mol. The van der Waals surface area contributed by atoms with Crippen LogP contribution in [0.2, 0.25) is 0 Å². The van der Waals surface area contributed by atoms with Crippen molar-refractivity contribution in [1.29, 1.82) is 0 Å². The van der Waals surface area contributed by atoms with Crippen LogP contribution < -0.4 is 10.0 Å². The van der Waals surface area contributed by atoms with E-state index in [2.05, 4.69) is 4.99 Å². The van der Waals surface area contributed by atoms with Gasteiger partial charge in [-0.2, -0.15) is 0 Å². The Bertz CT molecular complexity index is 601. The summed E-state index contributed by atoms with van der Waals surface area (Å²) in [4.78, 5) is 16.5. The molecule has 1 aromatic carbocycles. The fourth-order valence-electron chi connectivity index (χ4n) is 4.03. The first kappa shape index (κ1) is 15.9. The molecule has 2 aliphatic rings. The van der Waals surface area contributed by atoms with E-state index in [4.69, 9.17) is 0 Å². The highest BCUT2D eigenvalue weighted by Crippen LogP contribution is 2.22. The summed E-state index contributed by atoms with van der Waals surface area (Å²) < 4.78 is 0. The van der Waals surface area contributed by atoms with Gasteiger partial charge in [0.05, 0.1) is 24.1 Å². The molecule has 0 bridgehead atoms. The molecule has 0 saturated carbocycles. The van der Waals surface area contributed by atoms with Gasteiger partial charge in [-0.15, -0.1) is 0 Å². The van der Waals surface area contributed by atoms with Gasteiger partial charge in [-0.3, -0.25) is 15.1 Å². The molecule has 1 unspecified atom stereocenters. The van der Waals surface area contributed by atoms with Crippen LogP contribution in [-0.4, -0.2) is 36.8 Å². The first-order chi connectivity index (χ1) is 11.1. The molecule has 6 heteroatoms. The van der Waals surface area contributed by atoms with Crippen molar-refractivity contribution in [2.45, 2.75) is 38.1 Å². The molecular formula is C17H23N3O3. The summed E-state index contributed by atoms with van der Waals surface area (Å²) in [6.07, 6.45) is 7.88. The average molecular weight is 317 g/mol. The molecule has 0 radical (unpaired) electrons. The third-order valence-electron chi connectivity index (χ3n) is 5.20. The zero-order valence-corrected chi connectivity index (χ0v) is 13.2. The number of hydrogen-bond acceptors (Lipinski definition) is 4. The van der Waals surface area contributed by atoms with Gasteiger partial charge in [0.25, 0.3) is 5.69 Å². The lowest BCUT2D eigenvalue weighted by Gasteiger charge is -2.40. The molecule has 2 fully saturated rings. The standard InChI is InChI=1S/C17H23N3O3/c21-17-7-6-15(20(22)23)10-14(17)12-18-11-13-4-3-9-19-8-2-1-5-16(13)19/h6-7,10,12-13,16,21H,1-5,8-9,11H2/t13-,16-/m1/s1. The van der Waals surface area contributed by atoms with Gasteiger partial charge in [0.2, 0.25) is 0 Å². The van der Waals surface area contributed by atoms with Crippen LogP contribution in [0.5, 0.6) is 5.75 Å². The van der Waals surface area contributed by atoms with Crippen molar-refractivity contribution in [1.82, 2.24) is 0 Å². The Morgan fingerprint density at radius 2 is 2.09 bits per heavy atom. The van der Waals surface area contributed by atoms with Crippen LogP contribution in [0.3, 0.4) is 0 Å². The number of non-ortho nitro benzene ring substituents is 1. The van der Waals surface area contributed by atoms with Crippen molar-refractivity contribution in [2.75, 3.05) is 19.6 Å². The van der Waals surface area contributed by atoms with E-state index >= 15 is 0 Å². The molecule has 0 aliphatic carbocycles. The fourth-order valence-corrected chi connectivity index (χ4v) is 4.03. The fraction of sp³-hybridized carbons (Fsp3) is 0.588. The molecule has 3 rings (SSSR count). The third kappa shape index (κ3) is 3.69. The van der Waals surface area contributed by atoms with E-state index in [0.717, 1.165) is 6.54 Å². The monoisotopic (exact) mass is 317 g/mol. The Kier molecular flexibility index (Phi) is 4.91. The number of nitrogens with one attached hydrogen (secondary N) is 1. The Labute approximate surface area is 136 Å². The van der Waals surface area contributed by atoms with Crippen LogP contribution in [0.15, 0.2) is 23.2 Å². The lowest BCUT2D eigenvalue weighted by Crippen LogP contribution is -3.18. The summed E-state index contributed by atoms with van der Waals surface area (Å²) in [6.45, 7) is 3.28. The zero-order chi connectivity index (χ0) is 16.2. The van der Waals surface area contributed by atoms with Crippen molar-refractivity contribution in [3.63, 3.8) is 0 Å². The number of quaternary nitrogens is 1. The SMILES string of the molecule is O=[N+]([O-])c1ccc([O-])c(C=NC[C@H]2CCC[NH+]3CCCC[C@H]23)c1. The second kappa shape index (κ2) is 7.08. The van der Waals surface area contributed by atoms with Crippen molar-refractivity contribution >= 4 is 11.9 Å². The molecular weight excluding hydrogens is 294 g/mol. The third-order valence-corrected chi connectivity index (χ3v) is 5.20. The van der Waals surface area contributed by atoms with E-state index in [1.165, 1.54) is 69.6 Å². The maximum atomic E-state index is 11.8. The van der Waals surface area contributed by atoms with Crippen LogP contribution in [0, 0.1) is 16.0 Å². The first-order valence-corrected chi connectivity index (χ1v) is 8.45. The van der Waals surface area contributed by atoms with Crippen LogP contribution in [-0.2, 0) is 0 Å².